The fourth-order valence-corrected chi connectivity index (χ4v) is 4.44. The molecule has 5 nitrogen and oxygen atoms in total. The molecular formula is C24H27N5. The van der Waals surface area contributed by atoms with Crippen LogP contribution in [0.4, 0.5) is 0 Å². The van der Waals surface area contributed by atoms with Crippen LogP contribution in [0.1, 0.15) is 49.0 Å². The molecule has 2 heterocycles. The van der Waals surface area contributed by atoms with Crippen LogP contribution in [0, 0.1) is 12.3 Å². The van der Waals surface area contributed by atoms with Gasteiger partial charge in [-0.15, -0.1) is 0 Å². The molecular weight excluding hydrogens is 358 g/mol. The number of benzene rings is 2. The van der Waals surface area contributed by atoms with Gasteiger partial charge in [0.2, 0.25) is 0 Å². The maximum Gasteiger partial charge on any atom is 0.121 e. The van der Waals surface area contributed by atoms with Crippen molar-refractivity contribution in [3.8, 4) is 5.69 Å². The molecule has 0 saturated heterocycles. The molecule has 2 N–H and O–H groups in total. The van der Waals surface area contributed by atoms with Crippen LogP contribution in [-0.4, -0.2) is 19.7 Å². The normalized spacial score (nSPS) is 18.1. The molecule has 0 amide bonds. The number of hydrogen-bond acceptors (Lipinski definition) is 3. The van der Waals surface area contributed by atoms with Crippen molar-refractivity contribution < 1.29 is 0 Å². The van der Waals surface area contributed by atoms with Gasteiger partial charge >= 0.3 is 0 Å². The predicted octanol–water partition coefficient (Wildman–Crippen LogP) is 4.86. The molecule has 5 heteroatoms. The summed E-state index contributed by atoms with van der Waals surface area (Å²) in [5.74, 6) is 0.974. The maximum atomic E-state index is 4.76. The summed E-state index contributed by atoms with van der Waals surface area (Å²) in [5, 5.41) is 8.49. The zero-order valence-corrected chi connectivity index (χ0v) is 17.2. The third kappa shape index (κ3) is 3.47. The van der Waals surface area contributed by atoms with E-state index in [1.165, 1.54) is 16.8 Å². The highest BCUT2D eigenvalue weighted by molar-refractivity contribution is 5.74. The first-order valence-corrected chi connectivity index (χ1v) is 10.3. The minimum Gasteiger partial charge on any atom is -0.341 e. The average Bonchev–Trinajstić information content (AvgIpc) is 3.29. The Morgan fingerprint density at radius 2 is 1.93 bits per heavy atom. The standard InChI is InChI=1S/C24H27N5/c1-16-8-10-17(11-9-16)29-22-13-24(2,3)12-21(18(22)14-26-29)25-15-23-27-19-6-4-5-7-20(19)28-23/h4-11,14,21,25H,12-13,15H2,1-3H3,(H,27,28). The molecule has 0 bridgehead atoms. The van der Waals surface area contributed by atoms with Crippen LogP contribution in [-0.2, 0) is 13.0 Å². The van der Waals surface area contributed by atoms with E-state index in [2.05, 4.69) is 66.1 Å². The van der Waals surface area contributed by atoms with Crippen molar-refractivity contribution in [1.82, 2.24) is 25.1 Å². The van der Waals surface area contributed by atoms with Gasteiger partial charge < -0.3 is 10.3 Å². The summed E-state index contributed by atoms with van der Waals surface area (Å²) >= 11 is 0. The summed E-state index contributed by atoms with van der Waals surface area (Å²) in [4.78, 5) is 8.13. The molecule has 0 aliphatic heterocycles. The van der Waals surface area contributed by atoms with Crippen LogP contribution < -0.4 is 5.32 Å². The summed E-state index contributed by atoms with van der Waals surface area (Å²) in [7, 11) is 0. The molecule has 0 fully saturated rings. The van der Waals surface area contributed by atoms with Crippen molar-refractivity contribution >= 4 is 11.0 Å². The van der Waals surface area contributed by atoms with E-state index in [-0.39, 0.29) is 11.5 Å². The van der Waals surface area contributed by atoms with E-state index in [9.17, 15) is 0 Å². The number of fused-ring (bicyclic) bond motifs is 2. The number of aryl methyl sites for hydroxylation is 1. The number of aromatic nitrogens is 4. The first-order valence-electron chi connectivity index (χ1n) is 10.3. The topological polar surface area (TPSA) is 58.5 Å². The van der Waals surface area contributed by atoms with E-state index in [0.717, 1.165) is 35.4 Å². The third-order valence-corrected chi connectivity index (χ3v) is 5.91. The highest BCUT2D eigenvalue weighted by Crippen LogP contribution is 2.41. The molecule has 1 aliphatic rings. The van der Waals surface area contributed by atoms with Crippen LogP contribution in [0.3, 0.4) is 0 Å². The van der Waals surface area contributed by atoms with E-state index in [4.69, 9.17) is 10.1 Å². The fraction of sp³-hybridized carbons (Fsp3) is 0.333. The van der Waals surface area contributed by atoms with Crippen molar-refractivity contribution in [1.29, 1.82) is 0 Å². The predicted molar refractivity (Wildman–Crippen MR) is 116 cm³/mol. The van der Waals surface area contributed by atoms with E-state index >= 15 is 0 Å². The smallest absolute Gasteiger partial charge is 0.121 e. The molecule has 2 aromatic carbocycles. The Bertz CT molecular complexity index is 1120. The quantitative estimate of drug-likeness (QED) is 0.527. The minimum atomic E-state index is 0.209. The van der Waals surface area contributed by atoms with Gasteiger partial charge in [-0.2, -0.15) is 5.10 Å². The van der Waals surface area contributed by atoms with Crippen molar-refractivity contribution in [3.05, 3.63) is 77.4 Å². The lowest BCUT2D eigenvalue weighted by atomic mass is 9.74. The average molecular weight is 386 g/mol. The van der Waals surface area contributed by atoms with E-state index in [1.54, 1.807) is 0 Å². The second-order valence-electron chi connectivity index (χ2n) is 8.97. The lowest BCUT2D eigenvalue weighted by Crippen LogP contribution is -2.33. The van der Waals surface area contributed by atoms with Gasteiger partial charge in [-0.3, -0.25) is 0 Å². The van der Waals surface area contributed by atoms with Crippen LogP contribution in [0.25, 0.3) is 16.7 Å². The summed E-state index contributed by atoms with van der Waals surface area (Å²) in [6.45, 7) is 7.52. The van der Waals surface area contributed by atoms with Crippen LogP contribution >= 0.6 is 0 Å². The van der Waals surface area contributed by atoms with E-state index < -0.39 is 0 Å². The molecule has 0 radical (unpaired) electrons. The SMILES string of the molecule is Cc1ccc(-n2ncc3c2CC(C)(C)CC3NCc2nc3ccccc3[nH]2)cc1. The zero-order chi connectivity index (χ0) is 20.0. The van der Waals surface area contributed by atoms with Gasteiger partial charge in [0.25, 0.3) is 0 Å². The van der Waals surface area contributed by atoms with Gasteiger partial charge in [0.15, 0.2) is 0 Å². The highest BCUT2D eigenvalue weighted by atomic mass is 15.3. The Labute approximate surface area is 171 Å². The molecule has 148 valence electrons. The lowest BCUT2D eigenvalue weighted by Gasteiger charge is -2.36. The highest BCUT2D eigenvalue weighted by Gasteiger charge is 2.35. The number of nitrogens with zero attached hydrogens (tertiary/aromatic N) is 3. The second kappa shape index (κ2) is 6.85. The second-order valence-corrected chi connectivity index (χ2v) is 8.97. The first kappa shape index (κ1) is 18.1. The molecule has 0 spiro atoms. The fourth-order valence-electron chi connectivity index (χ4n) is 4.44. The van der Waals surface area contributed by atoms with Crippen molar-refractivity contribution in [2.75, 3.05) is 0 Å². The van der Waals surface area contributed by atoms with Gasteiger partial charge in [0.05, 0.1) is 29.5 Å². The van der Waals surface area contributed by atoms with Crippen molar-refractivity contribution in [2.24, 2.45) is 5.41 Å². The molecule has 29 heavy (non-hydrogen) atoms. The Morgan fingerprint density at radius 3 is 2.72 bits per heavy atom. The van der Waals surface area contributed by atoms with Crippen LogP contribution in [0.2, 0.25) is 0 Å². The number of para-hydroxylation sites is 2. The lowest BCUT2D eigenvalue weighted by molar-refractivity contribution is 0.252. The Morgan fingerprint density at radius 1 is 1.14 bits per heavy atom. The number of hydrogen-bond donors (Lipinski definition) is 2. The number of aromatic amines is 1. The van der Waals surface area contributed by atoms with Gasteiger partial charge in [-0.25, -0.2) is 9.67 Å². The summed E-state index contributed by atoms with van der Waals surface area (Å²) < 4.78 is 2.12. The van der Waals surface area contributed by atoms with Gasteiger partial charge in [-0.1, -0.05) is 43.7 Å². The summed E-state index contributed by atoms with van der Waals surface area (Å²) in [5.41, 5.74) is 7.32. The zero-order valence-electron chi connectivity index (χ0n) is 17.2. The van der Waals surface area contributed by atoms with E-state index in [0.29, 0.717) is 6.54 Å². The van der Waals surface area contributed by atoms with Crippen LogP contribution in [0.15, 0.2) is 54.7 Å². The molecule has 2 aromatic heterocycles. The number of imidazole rings is 1. The van der Waals surface area contributed by atoms with Gasteiger partial charge in [-0.05, 0) is 49.4 Å². The molecule has 5 rings (SSSR count). The Hall–Kier alpha value is -2.92. The summed E-state index contributed by atoms with van der Waals surface area (Å²) in [6.07, 6.45) is 4.15. The Kier molecular flexibility index (Phi) is 4.28. The molecule has 1 unspecified atom stereocenters. The van der Waals surface area contributed by atoms with Crippen molar-refractivity contribution in [2.45, 2.75) is 46.2 Å². The monoisotopic (exact) mass is 385 g/mol. The third-order valence-electron chi connectivity index (χ3n) is 5.91. The molecule has 1 aliphatic carbocycles. The van der Waals surface area contributed by atoms with Gasteiger partial charge in [0, 0.05) is 17.3 Å². The molecule has 0 saturated carbocycles. The van der Waals surface area contributed by atoms with Gasteiger partial charge in [0.1, 0.15) is 5.82 Å². The number of nitrogens with one attached hydrogen (secondary N) is 2. The summed E-state index contributed by atoms with van der Waals surface area (Å²) in [6, 6.07) is 17.0. The first-order chi connectivity index (χ1) is 14.0. The number of rotatable bonds is 4. The molecule has 1 atom stereocenters. The number of H-pyrrole nitrogens is 1. The largest absolute Gasteiger partial charge is 0.341 e. The minimum absolute atomic E-state index is 0.209. The maximum absolute atomic E-state index is 4.76. The van der Waals surface area contributed by atoms with Crippen LogP contribution in [0.5, 0.6) is 0 Å². The van der Waals surface area contributed by atoms with E-state index in [1.807, 2.05) is 24.4 Å². The molecule has 4 aromatic rings. The van der Waals surface area contributed by atoms with Crippen molar-refractivity contribution in [3.63, 3.8) is 0 Å². The Balaban J connectivity index is 1.43.